The fraction of sp³-hybridized carbons (Fsp3) is 0.923. The Kier molecular flexibility index (Phi) is 7.30. The molecule has 8 heteroatoms. The van der Waals surface area contributed by atoms with Gasteiger partial charge >= 0.3 is 0 Å². The molecule has 4 rings (SSSR count). The van der Waals surface area contributed by atoms with E-state index in [0.29, 0.717) is 11.8 Å². The quantitative estimate of drug-likeness (QED) is 0.252. The molecule has 3 fully saturated rings. The van der Waals surface area contributed by atoms with Gasteiger partial charge in [0, 0.05) is 5.41 Å². The molecule has 1 saturated heterocycles. The zero-order chi connectivity index (χ0) is 25.1. The van der Waals surface area contributed by atoms with E-state index < -0.39 is 43.4 Å². The van der Waals surface area contributed by atoms with Gasteiger partial charge in [0.1, 0.15) is 24.4 Å². The summed E-state index contributed by atoms with van der Waals surface area (Å²) in [5.41, 5.74) is 0.879. The van der Waals surface area contributed by atoms with Gasteiger partial charge in [-0.15, -0.1) is 0 Å². The second-order valence-corrected chi connectivity index (χ2v) is 12.3. The zero-order valence-corrected chi connectivity index (χ0v) is 20.9. The largest absolute Gasteiger partial charge is 0.394 e. The van der Waals surface area contributed by atoms with Crippen LogP contribution < -0.4 is 0 Å². The van der Waals surface area contributed by atoms with Crippen molar-refractivity contribution in [2.24, 2.45) is 28.1 Å². The molecule has 0 aromatic carbocycles. The Morgan fingerprint density at radius 1 is 1.00 bits per heavy atom. The SMILES string of the molecule is CC1(C)[C@@H](O[C@@H]2O[C@H](CO)[C@@H](O)[C@H](O)[C@H]2O)CC[C@@]2(C)[C@@H]3CC[C@](C)([C@@H](O)CO)C=C3CC[C@H]12. The van der Waals surface area contributed by atoms with Crippen LogP contribution in [-0.4, -0.2) is 86.8 Å². The number of aliphatic hydroxyl groups excluding tert-OH is 6. The van der Waals surface area contributed by atoms with E-state index >= 15 is 0 Å². The Bertz CT molecular complexity index is 768. The number of hydrogen-bond donors (Lipinski definition) is 6. The first kappa shape index (κ1) is 26.5. The van der Waals surface area contributed by atoms with E-state index in [2.05, 4.69) is 26.8 Å². The van der Waals surface area contributed by atoms with Crippen LogP contribution in [0, 0.1) is 28.1 Å². The Morgan fingerprint density at radius 2 is 1.71 bits per heavy atom. The topological polar surface area (TPSA) is 140 Å². The molecule has 1 aliphatic heterocycles. The number of fused-ring (bicyclic) bond motifs is 3. The van der Waals surface area contributed by atoms with Crippen molar-refractivity contribution in [2.75, 3.05) is 13.2 Å². The predicted octanol–water partition coefficient (Wildman–Crippen LogP) is 1.10. The molecule has 0 aromatic heterocycles. The van der Waals surface area contributed by atoms with E-state index in [4.69, 9.17) is 9.47 Å². The van der Waals surface area contributed by atoms with Crippen molar-refractivity contribution in [1.29, 1.82) is 0 Å². The summed E-state index contributed by atoms with van der Waals surface area (Å²) >= 11 is 0. The van der Waals surface area contributed by atoms with Crippen LogP contribution in [0.3, 0.4) is 0 Å². The van der Waals surface area contributed by atoms with Gasteiger partial charge in [-0.3, -0.25) is 0 Å². The summed E-state index contributed by atoms with van der Waals surface area (Å²) in [6.07, 6.45) is 0.468. The third-order valence-corrected chi connectivity index (χ3v) is 10.0. The maximum atomic E-state index is 10.5. The van der Waals surface area contributed by atoms with Crippen molar-refractivity contribution in [2.45, 2.75) is 109 Å². The molecule has 0 aromatic rings. The third kappa shape index (κ3) is 4.18. The normalized spacial score (nSPS) is 49.5. The fourth-order valence-corrected chi connectivity index (χ4v) is 7.79. The van der Waals surface area contributed by atoms with Crippen LogP contribution in [0.25, 0.3) is 0 Å². The third-order valence-electron chi connectivity index (χ3n) is 10.0. The molecule has 4 aliphatic rings. The van der Waals surface area contributed by atoms with Crippen LogP contribution in [0.2, 0.25) is 0 Å². The molecule has 0 amide bonds. The smallest absolute Gasteiger partial charge is 0.186 e. The highest BCUT2D eigenvalue weighted by molar-refractivity contribution is 5.25. The summed E-state index contributed by atoms with van der Waals surface area (Å²) < 4.78 is 11.9. The van der Waals surface area contributed by atoms with Crippen LogP contribution >= 0.6 is 0 Å². The van der Waals surface area contributed by atoms with Gasteiger partial charge in [-0.05, 0) is 61.2 Å². The van der Waals surface area contributed by atoms with Gasteiger partial charge in [0.15, 0.2) is 6.29 Å². The van der Waals surface area contributed by atoms with E-state index in [1.165, 1.54) is 5.57 Å². The highest BCUT2D eigenvalue weighted by Gasteiger charge is 2.59. The van der Waals surface area contributed by atoms with Crippen LogP contribution in [0.1, 0.15) is 66.2 Å². The highest BCUT2D eigenvalue weighted by Crippen LogP contribution is 2.64. The molecule has 0 radical (unpaired) electrons. The van der Waals surface area contributed by atoms with Crippen LogP contribution in [-0.2, 0) is 9.47 Å². The summed E-state index contributed by atoms with van der Waals surface area (Å²) in [6.45, 7) is 8.14. The lowest BCUT2D eigenvalue weighted by Crippen LogP contribution is -2.62. The number of rotatable bonds is 5. The Hall–Kier alpha value is -0.580. The van der Waals surface area contributed by atoms with Crippen molar-refractivity contribution in [3.8, 4) is 0 Å². The lowest BCUT2D eigenvalue weighted by Gasteiger charge is -2.62. The van der Waals surface area contributed by atoms with Gasteiger partial charge in [0.05, 0.1) is 25.4 Å². The first-order valence-corrected chi connectivity index (χ1v) is 12.9. The summed E-state index contributed by atoms with van der Waals surface area (Å²) in [6, 6.07) is 0. The van der Waals surface area contributed by atoms with E-state index in [1.54, 1.807) is 0 Å². The molecule has 6 N–H and O–H groups in total. The van der Waals surface area contributed by atoms with E-state index in [9.17, 15) is 30.6 Å². The number of hydrogen-bond acceptors (Lipinski definition) is 8. The molecule has 196 valence electrons. The monoisotopic (exact) mass is 484 g/mol. The minimum absolute atomic E-state index is 0.0777. The summed E-state index contributed by atoms with van der Waals surface area (Å²) in [7, 11) is 0. The van der Waals surface area contributed by atoms with Gasteiger partial charge in [-0.25, -0.2) is 0 Å². The van der Waals surface area contributed by atoms with E-state index in [0.717, 1.165) is 38.5 Å². The molecule has 0 bridgehead atoms. The van der Waals surface area contributed by atoms with Crippen molar-refractivity contribution in [3.63, 3.8) is 0 Å². The van der Waals surface area contributed by atoms with Gasteiger partial charge in [0.2, 0.25) is 0 Å². The summed E-state index contributed by atoms with van der Waals surface area (Å²) in [5, 5.41) is 60.2. The molecule has 0 spiro atoms. The first-order chi connectivity index (χ1) is 15.9. The van der Waals surface area contributed by atoms with Crippen LogP contribution in [0.5, 0.6) is 0 Å². The van der Waals surface area contributed by atoms with Crippen molar-refractivity contribution < 1.29 is 40.1 Å². The molecule has 8 nitrogen and oxygen atoms in total. The molecule has 2 saturated carbocycles. The molecule has 0 unspecified atom stereocenters. The minimum Gasteiger partial charge on any atom is -0.394 e. The molecular weight excluding hydrogens is 440 g/mol. The Labute approximate surface area is 202 Å². The number of aliphatic hydroxyl groups is 6. The zero-order valence-electron chi connectivity index (χ0n) is 20.9. The number of allylic oxidation sites excluding steroid dienone is 1. The molecule has 1 heterocycles. The van der Waals surface area contributed by atoms with Crippen molar-refractivity contribution in [1.82, 2.24) is 0 Å². The maximum absolute atomic E-state index is 10.5. The predicted molar refractivity (Wildman–Crippen MR) is 124 cm³/mol. The maximum Gasteiger partial charge on any atom is 0.186 e. The Morgan fingerprint density at radius 3 is 2.35 bits per heavy atom. The second-order valence-electron chi connectivity index (χ2n) is 12.3. The molecular formula is C26H44O8. The molecule has 34 heavy (non-hydrogen) atoms. The van der Waals surface area contributed by atoms with E-state index in [1.807, 2.05) is 6.92 Å². The average Bonchev–Trinajstić information content (AvgIpc) is 2.80. The standard InChI is InChI=1S/C26H44O8/c1-24(2)17-6-5-14-11-25(3,18(29)13-28)9-7-15(14)26(17,4)10-8-19(24)34-23-22(32)21(31)20(30)16(12-27)33-23/h11,15-23,27-32H,5-10,12-13H2,1-4H3/t15-,16-,17-,18+,19+,20-,21+,22-,23+,25+,26+/m1/s1. The van der Waals surface area contributed by atoms with Crippen LogP contribution in [0.4, 0.5) is 0 Å². The lowest BCUT2D eigenvalue weighted by molar-refractivity contribution is -0.327. The first-order valence-electron chi connectivity index (χ1n) is 12.9. The van der Waals surface area contributed by atoms with Gasteiger partial charge < -0.3 is 40.1 Å². The van der Waals surface area contributed by atoms with Crippen molar-refractivity contribution in [3.05, 3.63) is 11.6 Å². The average molecular weight is 485 g/mol. The Balaban J connectivity index is 1.53. The molecule has 11 atom stereocenters. The lowest BCUT2D eigenvalue weighted by atomic mass is 9.45. The second kappa shape index (κ2) is 9.38. The van der Waals surface area contributed by atoms with Gasteiger partial charge in [-0.2, -0.15) is 0 Å². The van der Waals surface area contributed by atoms with Gasteiger partial charge in [-0.1, -0.05) is 39.3 Å². The molecule has 3 aliphatic carbocycles. The minimum atomic E-state index is -1.44. The van der Waals surface area contributed by atoms with E-state index in [-0.39, 0.29) is 29.0 Å². The van der Waals surface area contributed by atoms with Crippen LogP contribution in [0.15, 0.2) is 11.6 Å². The summed E-state index contributed by atoms with van der Waals surface area (Å²) in [4.78, 5) is 0. The number of ether oxygens (including phenoxy) is 2. The van der Waals surface area contributed by atoms with Crippen molar-refractivity contribution >= 4 is 0 Å². The van der Waals surface area contributed by atoms with Gasteiger partial charge in [0.25, 0.3) is 0 Å². The highest BCUT2D eigenvalue weighted by atomic mass is 16.7. The fourth-order valence-electron chi connectivity index (χ4n) is 7.79. The summed E-state index contributed by atoms with van der Waals surface area (Å²) in [5.74, 6) is 0.801.